The molecule has 6 nitrogen and oxygen atoms in total. The number of fused-ring (bicyclic) bond motifs is 5. The van der Waals surface area contributed by atoms with Crippen LogP contribution in [0.4, 0.5) is 0 Å². The Kier molecular flexibility index (Phi) is 2.15. The molecule has 0 amide bonds. The quantitative estimate of drug-likeness (QED) is 0.507. The lowest BCUT2D eigenvalue weighted by Gasteiger charge is -2.29. The first-order valence-electron chi connectivity index (χ1n) is 5.91. The number of hydrogen-bond acceptors (Lipinski definition) is 6. The summed E-state index contributed by atoms with van der Waals surface area (Å²) in [7, 11) is 2.61. The topological polar surface area (TPSA) is 74.4 Å². The van der Waals surface area contributed by atoms with Crippen molar-refractivity contribution in [1.82, 2.24) is 0 Å². The molecule has 0 aromatic carbocycles. The predicted molar refractivity (Wildman–Crippen MR) is 57.6 cm³/mol. The van der Waals surface area contributed by atoms with E-state index in [9.17, 15) is 9.59 Å². The highest BCUT2D eigenvalue weighted by molar-refractivity contribution is 5.86. The lowest BCUT2D eigenvalue weighted by molar-refractivity contribution is -0.160. The van der Waals surface area contributed by atoms with Crippen LogP contribution in [0.3, 0.4) is 0 Å². The van der Waals surface area contributed by atoms with Crippen LogP contribution in [0.2, 0.25) is 0 Å². The van der Waals surface area contributed by atoms with E-state index in [1.54, 1.807) is 13.8 Å². The van der Waals surface area contributed by atoms with Gasteiger partial charge in [0.05, 0.1) is 14.2 Å². The summed E-state index contributed by atoms with van der Waals surface area (Å²) in [4.78, 5) is 24.0. The smallest absolute Gasteiger partial charge is 0.312 e. The number of ether oxygens (including phenoxy) is 4. The molecule has 0 saturated carbocycles. The Labute approximate surface area is 105 Å². The van der Waals surface area contributed by atoms with Crippen molar-refractivity contribution < 1.29 is 28.5 Å². The minimum atomic E-state index is -0.800. The van der Waals surface area contributed by atoms with Gasteiger partial charge in [-0.15, -0.1) is 0 Å². The predicted octanol–water partition coefficient (Wildman–Crippen LogP) is -0.107. The number of methoxy groups -OCH3 is 2. The number of carbonyl (C=O) groups is 2. The van der Waals surface area contributed by atoms with Crippen molar-refractivity contribution in [1.29, 1.82) is 0 Å². The lowest BCUT2D eigenvalue weighted by atomic mass is 9.67. The maximum absolute atomic E-state index is 12.0. The first-order chi connectivity index (χ1) is 8.40. The molecule has 3 rings (SSSR count). The molecule has 6 atom stereocenters. The van der Waals surface area contributed by atoms with Gasteiger partial charge in [-0.05, 0) is 13.8 Å². The Morgan fingerprint density at radius 1 is 0.944 bits per heavy atom. The van der Waals surface area contributed by atoms with Gasteiger partial charge in [-0.3, -0.25) is 9.59 Å². The van der Waals surface area contributed by atoms with Crippen molar-refractivity contribution in [2.75, 3.05) is 14.2 Å². The zero-order valence-corrected chi connectivity index (χ0v) is 10.8. The average molecular weight is 256 g/mol. The first kappa shape index (κ1) is 11.9. The molecule has 3 aliphatic heterocycles. The van der Waals surface area contributed by atoms with Gasteiger partial charge >= 0.3 is 11.9 Å². The highest BCUT2D eigenvalue weighted by Gasteiger charge is 2.83. The second kappa shape index (κ2) is 3.24. The van der Waals surface area contributed by atoms with E-state index in [0.717, 1.165) is 0 Å². The Hall–Kier alpha value is -1.14. The Morgan fingerprint density at radius 2 is 1.33 bits per heavy atom. The van der Waals surface area contributed by atoms with E-state index in [-0.39, 0.29) is 12.2 Å². The minimum Gasteiger partial charge on any atom is -0.469 e. The van der Waals surface area contributed by atoms with Gasteiger partial charge in [0.2, 0.25) is 0 Å². The number of hydrogen-bond donors (Lipinski definition) is 0. The summed E-state index contributed by atoms with van der Waals surface area (Å²) >= 11 is 0. The van der Waals surface area contributed by atoms with Crippen molar-refractivity contribution >= 4 is 11.9 Å². The molecular formula is C12H16O6. The van der Waals surface area contributed by atoms with E-state index in [1.807, 2.05) is 0 Å². The van der Waals surface area contributed by atoms with Gasteiger partial charge < -0.3 is 18.9 Å². The summed E-state index contributed by atoms with van der Waals surface area (Å²) in [6.45, 7) is 3.60. The van der Waals surface area contributed by atoms with Gasteiger partial charge in [0.15, 0.2) is 0 Å². The van der Waals surface area contributed by atoms with E-state index >= 15 is 0 Å². The SMILES string of the molecule is COC(=O)[C@@H]1[C@H](C(=O)OC)[C@@]2(C)O[C@@]1(C)[C@@H]1O[C@H]12. The fraction of sp³-hybridized carbons (Fsp3) is 0.833. The van der Waals surface area contributed by atoms with E-state index in [2.05, 4.69) is 0 Å². The second-order valence-corrected chi connectivity index (χ2v) is 5.45. The third kappa shape index (κ3) is 1.10. The second-order valence-electron chi connectivity index (χ2n) is 5.45. The monoisotopic (exact) mass is 256 g/mol. The van der Waals surface area contributed by atoms with Crippen molar-refractivity contribution in [3.05, 3.63) is 0 Å². The first-order valence-corrected chi connectivity index (χ1v) is 5.91. The van der Waals surface area contributed by atoms with Crippen LogP contribution in [0.25, 0.3) is 0 Å². The van der Waals surface area contributed by atoms with Gasteiger partial charge in [-0.1, -0.05) is 0 Å². The van der Waals surface area contributed by atoms with E-state index < -0.39 is 35.0 Å². The lowest BCUT2D eigenvalue weighted by Crippen LogP contribution is -2.51. The molecule has 3 heterocycles. The molecular weight excluding hydrogens is 240 g/mol. The third-order valence-electron chi connectivity index (χ3n) is 4.54. The normalized spacial score (nSPS) is 51.8. The van der Waals surface area contributed by atoms with Crippen LogP contribution in [-0.2, 0) is 28.5 Å². The average Bonchev–Trinajstić information content (AvgIpc) is 3.07. The summed E-state index contributed by atoms with van der Waals surface area (Å²) in [5, 5.41) is 0. The van der Waals surface area contributed by atoms with Crippen molar-refractivity contribution in [3.8, 4) is 0 Å². The zero-order chi connectivity index (χ0) is 13.3. The molecule has 0 unspecified atom stereocenters. The maximum Gasteiger partial charge on any atom is 0.312 e. The maximum atomic E-state index is 12.0. The van der Waals surface area contributed by atoms with Crippen LogP contribution in [0.1, 0.15) is 13.8 Å². The summed E-state index contributed by atoms with van der Waals surface area (Å²) in [5.41, 5.74) is -1.60. The summed E-state index contributed by atoms with van der Waals surface area (Å²) in [6, 6.07) is 0. The molecule has 0 radical (unpaired) electrons. The molecule has 3 fully saturated rings. The molecule has 0 aliphatic carbocycles. The van der Waals surface area contributed by atoms with E-state index in [1.165, 1.54) is 14.2 Å². The largest absolute Gasteiger partial charge is 0.469 e. The molecule has 0 N–H and O–H groups in total. The van der Waals surface area contributed by atoms with E-state index in [4.69, 9.17) is 18.9 Å². The van der Waals surface area contributed by atoms with Crippen LogP contribution >= 0.6 is 0 Å². The highest BCUT2D eigenvalue weighted by Crippen LogP contribution is 2.66. The summed E-state index contributed by atoms with van der Waals surface area (Å²) in [6.07, 6.45) is -0.264. The Bertz CT molecular complexity index is 396. The van der Waals surface area contributed by atoms with Gasteiger partial charge in [0.1, 0.15) is 35.2 Å². The number of esters is 2. The molecule has 6 heteroatoms. The fourth-order valence-electron chi connectivity index (χ4n) is 3.71. The third-order valence-corrected chi connectivity index (χ3v) is 4.54. The standard InChI is InChI=1S/C12H16O6/c1-11-5(9(13)15-3)6(10(14)16-4)12(2,18-11)8-7(11)17-8/h5-8H,1-4H3/t5-,6+,7-,8-,11-,12-/m1/s1. The Balaban J connectivity index is 2.05. The summed E-state index contributed by atoms with van der Waals surface area (Å²) in [5.74, 6) is -2.26. The van der Waals surface area contributed by atoms with Crippen LogP contribution < -0.4 is 0 Å². The van der Waals surface area contributed by atoms with Crippen LogP contribution in [0.15, 0.2) is 0 Å². The van der Waals surface area contributed by atoms with Gasteiger partial charge in [-0.25, -0.2) is 0 Å². The highest BCUT2D eigenvalue weighted by atomic mass is 16.7. The van der Waals surface area contributed by atoms with Gasteiger partial charge in [0.25, 0.3) is 0 Å². The molecule has 3 aliphatic rings. The zero-order valence-electron chi connectivity index (χ0n) is 10.8. The molecule has 18 heavy (non-hydrogen) atoms. The molecule has 0 aromatic rings. The van der Waals surface area contributed by atoms with Crippen LogP contribution in [0, 0.1) is 11.8 Å². The number of epoxide rings is 1. The molecule has 3 saturated heterocycles. The molecule has 0 aromatic heterocycles. The van der Waals surface area contributed by atoms with Gasteiger partial charge in [-0.2, -0.15) is 0 Å². The number of rotatable bonds is 2. The Morgan fingerprint density at radius 3 is 1.67 bits per heavy atom. The molecule has 0 spiro atoms. The minimum absolute atomic E-state index is 0.132. The van der Waals surface area contributed by atoms with Crippen LogP contribution in [0.5, 0.6) is 0 Å². The van der Waals surface area contributed by atoms with Crippen LogP contribution in [-0.4, -0.2) is 49.6 Å². The van der Waals surface area contributed by atoms with Crippen molar-refractivity contribution in [2.45, 2.75) is 37.3 Å². The fourth-order valence-corrected chi connectivity index (χ4v) is 3.71. The van der Waals surface area contributed by atoms with Crippen molar-refractivity contribution in [2.24, 2.45) is 11.8 Å². The summed E-state index contributed by atoms with van der Waals surface area (Å²) < 4.78 is 21.1. The number of carbonyl (C=O) groups excluding carboxylic acids is 2. The van der Waals surface area contributed by atoms with Crippen molar-refractivity contribution in [3.63, 3.8) is 0 Å². The van der Waals surface area contributed by atoms with Gasteiger partial charge in [0, 0.05) is 0 Å². The molecule has 100 valence electrons. The van der Waals surface area contributed by atoms with E-state index in [0.29, 0.717) is 0 Å². The molecule has 2 bridgehead atoms.